The van der Waals surface area contributed by atoms with E-state index in [2.05, 4.69) is 10.3 Å². The number of benzene rings is 2. The van der Waals surface area contributed by atoms with Gasteiger partial charge in [-0.3, -0.25) is 4.79 Å². The van der Waals surface area contributed by atoms with Gasteiger partial charge in [-0.25, -0.2) is 9.37 Å². The van der Waals surface area contributed by atoms with E-state index in [1.165, 1.54) is 23.0 Å². The van der Waals surface area contributed by atoms with Crippen LogP contribution in [0.2, 0.25) is 0 Å². The number of aryl methyl sites for hydroxylation is 1. The molecule has 0 bridgehead atoms. The number of rotatable bonds is 5. The molecule has 0 saturated carbocycles. The summed E-state index contributed by atoms with van der Waals surface area (Å²) in [5.74, 6) is -0.440. The third kappa shape index (κ3) is 3.71. The van der Waals surface area contributed by atoms with Gasteiger partial charge in [0.2, 0.25) is 5.91 Å². The molecule has 3 rings (SSSR count). The Morgan fingerprint density at radius 2 is 2.00 bits per heavy atom. The topological polar surface area (TPSA) is 45.2 Å². The van der Waals surface area contributed by atoms with Gasteiger partial charge in [0.05, 0.1) is 11.2 Å². The van der Waals surface area contributed by atoms with Crippen LogP contribution >= 0.6 is 11.3 Å². The Labute approximate surface area is 143 Å². The first kappa shape index (κ1) is 16.4. The van der Waals surface area contributed by atoms with Gasteiger partial charge in [0, 0.05) is 13.6 Å². The zero-order valence-electron chi connectivity index (χ0n) is 13.5. The molecule has 0 spiro atoms. The summed E-state index contributed by atoms with van der Waals surface area (Å²) in [7, 11) is 1.78. The van der Waals surface area contributed by atoms with Crippen molar-refractivity contribution in [3.63, 3.8) is 0 Å². The third-order valence-electron chi connectivity index (χ3n) is 3.68. The van der Waals surface area contributed by atoms with E-state index >= 15 is 0 Å². The van der Waals surface area contributed by atoms with Gasteiger partial charge in [-0.1, -0.05) is 47.2 Å². The Morgan fingerprint density at radius 3 is 2.71 bits per heavy atom. The molecule has 1 N–H and O–H groups in total. The number of halogens is 1. The predicted octanol–water partition coefficient (Wildman–Crippen LogP) is 3.50. The molecule has 0 atom stereocenters. The van der Waals surface area contributed by atoms with Crippen molar-refractivity contribution < 1.29 is 9.18 Å². The lowest BCUT2D eigenvalue weighted by Crippen LogP contribution is -2.34. The molecule has 3 aromatic rings. The van der Waals surface area contributed by atoms with Crippen LogP contribution in [0.4, 0.5) is 9.52 Å². The maximum Gasteiger partial charge on any atom is 0.239 e. The molecule has 1 amide bonds. The lowest BCUT2D eigenvalue weighted by molar-refractivity contribution is -0.119. The number of thiazole rings is 1. The number of hydrogen-bond donors (Lipinski definition) is 1. The molecule has 0 saturated heterocycles. The summed E-state index contributed by atoms with van der Waals surface area (Å²) in [6.45, 7) is 2.69. The molecule has 1 heterocycles. The molecule has 4 nitrogen and oxygen atoms in total. The second kappa shape index (κ2) is 6.97. The summed E-state index contributed by atoms with van der Waals surface area (Å²) >= 11 is 1.37. The zero-order valence-corrected chi connectivity index (χ0v) is 14.4. The second-order valence-electron chi connectivity index (χ2n) is 5.70. The Hall–Kier alpha value is -2.47. The van der Waals surface area contributed by atoms with Gasteiger partial charge in [-0.2, -0.15) is 0 Å². The van der Waals surface area contributed by atoms with Gasteiger partial charge >= 0.3 is 0 Å². The number of amides is 1. The molecular weight excluding hydrogens is 325 g/mol. The van der Waals surface area contributed by atoms with Crippen molar-refractivity contribution in [2.24, 2.45) is 0 Å². The average molecular weight is 343 g/mol. The Kier molecular flexibility index (Phi) is 4.76. The number of nitrogens with one attached hydrogen (secondary N) is 1. The molecular formula is C18H18FN3OS. The molecule has 2 aromatic carbocycles. The highest BCUT2D eigenvalue weighted by Gasteiger charge is 2.13. The van der Waals surface area contributed by atoms with Gasteiger partial charge in [-0.15, -0.1) is 0 Å². The fraction of sp³-hybridized carbons (Fsp3) is 0.222. The van der Waals surface area contributed by atoms with Crippen LogP contribution in [0.3, 0.4) is 0 Å². The van der Waals surface area contributed by atoms with Gasteiger partial charge in [0.25, 0.3) is 0 Å². The van der Waals surface area contributed by atoms with Crippen molar-refractivity contribution in [2.45, 2.75) is 13.5 Å². The lowest BCUT2D eigenvalue weighted by Gasteiger charge is -2.15. The minimum absolute atomic E-state index is 0.0993. The van der Waals surface area contributed by atoms with E-state index in [1.807, 2.05) is 37.3 Å². The molecule has 0 unspecified atom stereocenters. The second-order valence-corrected chi connectivity index (χ2v) is 6.71. The summed E-state index contributed by atoms with van der Waals surface area (Å²) in [5.41, 5.74) is 2.59. The number of carbonyl (C=O) groups is 1. The van der Waals surface area contributed by atoms with Crippen molar-refractivity contribution in [3.8, 4) is 0 Å². The zero-order chi connectivity index (χ0) is 17.1. The highest BCUT2D eigenvalue weighted by atomic mass is 32.1. The van der Waals surface area contributed by atoms with Crippen LogP contribution in [0.5, 0.6) is 0 Å². The number of fused-ring (bicyclic) bond motifs is 1. The first-order valence-corrected chi connectivity index (χ1v) is 8.43. The smallest absolute Gasteiger partial charge is 0.239 e. The van der Waals surface area contributed by atoms with E-state index in [9.17, 15) is 9.18 Å². The van der Waals surface area contributed by atoms with Crippen molar-refractivity contribution in [2.75, 3.05) is 18.5 Å². The number of aromatic nitrogens is 1. The number of likely N-dealkylation sites (N-methyl/N-ethyl adjacent to an activating group) is 1. The van der Waals surface area contributed by atoms with E-state index in [0.717, 1.165) is 10.3 Å². The minimum atomic E-state index is -0.341. The summed E-state index contributed by atoms with van der Waals surface area (Å²) in [4.78, 5) is 18.1. The molecule has 0 aliphatic rings. The quantitative estimate of drug-likeness (QED) is 0.771. The maximum absolute atomic E-state index is 13.7. The predicted molar refractivity (Wildman–Crippen MR) is 95.9 cm³/mol. The van der Waals surface area contributed by atoms with E-state index in [1.54, 1.807) is 18.0 Å². The summed E-state index contributed by atoms with van der Waals surface area (Å²) in [6, 6.07) is 12.9. The van der Waals surface area contributed by atoms with Crippen LogP contribution in [0, 0.1) is 12.7 Å². The molecule has 124 valence electrons. The maximum atomic E-state index is 13.7. The van der Waals surface area contributed by atoms with Crippen molar-refractivity contribution in [1.29, 1.82) is 0 Å². The largest absolute Gasteiger partial charge is 0.350 e. The molecule has 0 fully saturated rings. The van der Waals surface area contributed by atoms with Gasteiger partial charge in [-0.05, 0) is 24.6 Å². The minimum Gasteiger partial charge on any atom is -0.350 e. The average Bonchev–Trinajstić information content (AvgIpc) is 3.00. The number of carbonyl (C=O) groups excluding carboxylic acids is 1. The van der Waals surface area contributed by atoms with Crippen LogP contribution in [-0.2, 0) is 11.3 Å². The summed E-state index contributed by atoms with van der Waals surface area (Å²) in [6.07, 6.45) is 0. The fourth-order valence-electron chi connectivity index (χ4n) is 2.31. The fourth-order valence-corrected chi connectivity index (χ4v) is 3.25. The molecule has 0 radical (unpaired) electrons. The lowest BCUT2D eigenvalue weighted by atomic mass is 10.1. The van der Waals surface area contributed by atoms with Crippen LogP contribution in [0.1, 0.15) is 11.1 Å². The van der Waals surface area contributed by atoms with E-state index in [4.69, 9.17) is 0 Å². The van der Waals surface area contributed by atoms with Crippen molar-refractivity contribution in [3.05, 3.63) is 59.4 Å². The van der Waals surface area contributed by atoms with Crippen LogP contribution in [-0.4, -0.2) is 24.5 Å². The molecule has 1 aromatic heterocycles. The van der Waals surface area contributed by atoms with Crippen LogP contribution in [0.15, 0.2) is 42.5 Å². The summed E-state index contributed by atoms with van der Waals surface area (Å²) < 4.78 is 14.5. The summed E-state index contributed by atoms with van der Waals surface area (Å²) in [5, 5.41) is 3.51. The first-order valence-electron chi connectivity index (χ1n) is 7.61. The highest BCUT2D eigenvalue weighted by molar-refractivity contribution is 7.22. The number of hydrogen-bond acceptors (Lipinski definition) is 4. The van der Waals surface area contributed by atoms with Gasteiger partial charge in [0.1, 0.15) is 11.3 Å². The monoisotopic (exact) mass is 343 g/mol. The number of nitrogens with zero attached hydrogens (tertiary/aromatic N) is 2. The highest BCUT2D eigenvalue weighted by Crippen LogP contribution is 2.29. The number of para-hydroxylation sites is 1. The Morgan fingerprint density at radius 1 is 1.25 bits per heavy atom. The normalized spacial score (nSPS) is 10.8. The SMILES string of the molecule is Cc1ccc(CNC(=O)CN(C)c2nc3c(F)cccc3s2)cc1. The molecule has 0 aliphatic carbocycles. The Balaban J connectivity index is 1.60. The van der Waals surface area contributed by atoms with E-state index in [-0.39, 0.29) is 18.3 Å². The molecule has 24 heavy (non-hydrogen) atoms. The third-order valence-corrected chi connectivity index (χ3v) is 4.81. The van der Waals surface area contributed by atoms with Gasteiger partial charge < -0.3 is 10.2 Å². The standard InChI is InChI=1S/C18H18FN3OS/c1-12-6-8-13(9-7-12)10-20-16(23)11-22(2)18-21-17-14(19)4-3-5-15(17)24-18/h3-9H,10-11H2,1-2H3,(H,20,23). The van der Waals surface area contributed by atoms with E-state index in [0.29, 0.717) is 17.2 Å². The van der Waals surface area contributed by atoms with Crippen LogP contribution < -0.4 is 10.2 Å². The number of anilines is 1. The molecule has 6 heteroatoms. The Bertz CT molecular complexity index is 860. The van der Waals surface area contributed by atoms with Gasteiger partial charge in [0.15, 0.2) is 5.13 Å². The van der Waals surface area contributed by atoms with Crippen LogP contribution in [0.25, 0.3) is 10.2 Å². The van der Waals surface area contributed by atoms with Crippen molar-refractivity contribution in [1.82, 2.24) is 10.3 Å². The first-order chi connectivity index (χ1) is 11.5. The van der Waals surface area contributed by atoms with E-state index < -0.39 is 0 Å². The molecule has 0 aliphatic heterocycles. The van der Waals surface area contributed by atoms with Crippen molar-refractivity contribution >= 4 is 32.6 Å².